The number of sulfonamides is 1. The van der Waals surface area contributed by atoms with Crippen molar-refractivity contribution >= 4 is 15.7 Å². The van der Waals surface area contributed by atoms with E-state index in [-0.39, 0.29) is 0 Å². The minimum atomic E-state index is -3.52. The van der Waals surface area contributed by atoms with Crippen LogP contribution in [-0.2, 0) is 17.1 Å². The molecule has 7 heteroatoms. The van der Waals surface area contributed by atoms with Crippen molar-refractivity contribution in [3.05, 3.63) is 41.7 Å². The fourth-order valence-electron chi connectivity index (χ4n) is 2.80. The Labute approximate surface area is 144 Å². The quantitative estimate of drug-likeness (QED) is 0.742. The highest BCUT2D eigenvalue weighted by molar-refractivity contribution is 7.89. The SMILES string of the molecule is CCN(CCCNS(=O)(=O)c1c(C)nn(C)c1C)c1ccccc1. The van der Waals surface area contributed by atoms with Gasteiger partial charge in [0.05, 0.1) is 11.4 Å². The van der Waals surface area contributed by atoms with Gasteiger partial charge in [-0.3, -0.25) is 4.68 Å². The third-order valence-corrected chi connectivity index (χ3v) is 5.82. The second-order valence-electron chi connectivity index (χ2n) is 5.79. The average molecular weight is 350 g/mol. The molecule has 1 aromatic heterocycles. The van der Waals surface area contributed by atoms with Crippen molar-refractivity contribution in [2.45, 2.75) is 32.1 Å². The largest absolute Gasteiger partial charge is 0.372 e. The van der Waals surface area contributed by atoms with Crippen molar-refractivity contribution in [2.24, 2.45) is 7.05 Å². The summed E-state index contributed by atoms with van der Waals surface area (Å²) in [5, 5.41) is 4.18. The summed E-state index contributed by atoms with van der Waals surface area (Å²) in [6, 6.07) is 10.1. The Hall–Kier alpha value is -1.86. The maximum Gasteiger partial charge on any atom is 0.244 e. The predicted molar refractivity (Wildman–Crippen MR) is 96.8 cm³/mol. The molecule has 0 bridgehead atoms. The van der Waals surface area contributed by atoms with Crippen LogP contribution in [0.2, 0.25) is 0 Å². The molecular formula is C17H26N4O2S. The van der Waals surface area contributed by atoms with E-state index in [2.05, 4.69) is 33.8 Å². The molecule has 0 saturated carbocycles. The maximum atomic E-state index is 12.5. The molecular weight excluding hydrogens is 324 g/mol. The molecule has 0 aliphatic heterocycles. The van der Waals surface area contributed by atoms with Crippen LogP contribution in [0.1, 0.15) is 24.7 Å². The number of benzene rings is 1. The molecule has 1 heterocycles. The molecule has 0 aliphatic rings. The van der Waals surface area contributed by atoms with Crippen LogP contribution in [0.15, 0.2) is 35.2 Å². The van der Waals surface area contributed by atoms with Crippen LogP contribution in [0, 0.1) is 13.8 Å². The highest BCUT2D eigenvalue weighted by atomic mass is 32.2. The van der Waals surface area contributed by atoms with E-state index in [1.807, 2.05) is 18.2 Å². The molecule has 6 nitrogen and oxygen atoms in total. The molecule has 1 N–H and O–H groups in total. The zero-order valence-corrected chi connectivity index (χ0v) is 15.6. The fourth-order valence-corrected chi connectivity index (χ4v) is 4.31. The summed E-state index contributed by atoms with van der Waals surface area (Å²) in [7, 11) is -1.77. The minimum absolute atomic E-state index is 0.292. The molecule has 132 valence electrons. The topological polar surface area (TPSA) is 67.2 Å². The lowest BCUT2D eigenvalue weighted by molar-refractivity contribution is 0.577. The molecule has 2 rings (SSSR count). The fraction of sp³-hybridized carbons (Fsp3) is 0.471. The van der Waals surface area contributed by atoms with Crippen molar-refractivity contribution in [3.63, 3.8) is 0 Å². The molecule has 2 aromatic rings. The number of aromatic nitrogens is 2. The summed E-state index contributed by atoms with van der Waals surface area (Å²) in [4.78, 5) is 2.52. The van der Waals surface area contributed by atoms with Gasteiger partial charge in [-0.2, -0.15) is 5.10 Å². The van der Waals surface area contributed by atoms with Crippen LogP contribution in [0.5, 0.6) is 0 Å². The summed E-state index contributed by atoms with van der Waals surface area (Å²) < 4.78 is 29.3. The van der Waals surface area contributed by atoms with E-state index in [1.54, 1.807) is 25.6 Å². The van der Waals surface area contributed by atoms with Crippen LogP contribution in [0.4, 0.5) is 5.69 Å². The van der Waals surface area contributed by atoms with E-state index in [4.69, 9.17) is 0 Å². The second-order valence-corrected chi connectivity index (χ2v) is 7.49. The van der Waals surface area contributed by atoms with E-state index in [1.165, 1.54) is 0 Å². The smallest absolute Gasteiger partial charge is 0.244 e. The first-order chi connectivity index (χ1) is 11.4. The molecule has 0 saturated heterocycles. The van der Waals surface area contributed by atoms with Crippen molar-refractivity contribution < 1.29 is 8.42 Å². The van der Waals surface area contributed by atoms with Crippen molar-refractivity contribution in [1.29, 1.82) is 0 Å². The van der Waals surface area contributed by atoms with Crippen LogP contribution < -0.4 is 9.62 Å². The Kier molecular flexibility index (Phi) is 6.01. The number of anilines is 1. The van der Waals surface area contributed by atoms with E-state index >= 15 is 0 Å². The summed E-state index contributed by atoms with van der Waals surface area (Å²) in [6.07, 6.45) is 0.736. The number of hydrogen-bond donors (Lipinski definition) is 1. The van der Waals surface area contributed by atoms with Gasteiger partial charge in [-0.05, 0) is 39.3 Å². The Balaban J connectivity index is 1.94. The Bertz CT molecular complexity index is 769. The second kappa shape index (κ2) is 7.81. The van der Waals surface area contributed by atoms with Crippen LogP contribution in [0.25, 0.3) is 0 Å². The lowest BCUT2D eigenvalue weighted by Gasteiger charge is -2.23. The maximum absolute atomic E-state index is 12.5. The number of para-hydroxylation sites is 1. The molecule has 0 atom stereocenters. The van der Waals surface area contributed by atoms with Gasteiger partial charge in [-0.15, -0.1) is 0 Å². The third-order valence-electron chi connectivity index (χ3n) is 4.11. The molecule has 1 aromatic carbocycles. The number of hydrogen-bond acceptors (Lipinski definition) is 4. The molecule has 0 unspecified atom stereocenters. The van der Waals surface area contributed by atoms with E-state index < -0.39 is 10.0 Å². The normalized spacial score (nSPS) is 11.7. The molecule has 0 spiro atoms. The van der Waals surface area contributed by atoms with Crippen LogP contribution in [-0.4, -0.2) is 37.8 Å². The molecule has 24 heavy (non-hydrogen) atoms. The van der Waals surface area contributed by atoms with Gasteiger partial charge in [-0.25, -0.2) is 13.1 Å². The summed E-state index contributed by atoms with van der Waals surface area (Å²) in [5.41, 5.74) is 2.34. The standard InChI is InChI=1S/C17H26N4O2S/c1-5-21(16-10-7-6-8-11-16)13-9-12-18-24(22,23)17-14(2)19-20(4)15(17)3/h6-8,10-11,18H,5,9,12-13H2,1-4H3. The number of rotatable bonds is 8. The van der Waals surface area contributed by atoms with E-state index in [0.717, 1.165) is 25.2 Å². The number of aryl methyl sites for hydroxylation is 2. The first-order valence-electron chi connectivity index (χ1n) is 8.16. The zero-order valence-electron chi connectivity index (χ0n) is 14.8. The lowest BCUT2D eigenvalue weighted by Crippen LogP contribution is -2.30. The Morgan fingerprint density at radius 3 is 2.42 bits per heavy atom. The van der Waals surface area contributed by atoms with Crippen LogP contribution in [0.3, 0.4) is 0 Å². The molecule has 0 aliphatic carbocycles. The molecule has 0 amide bonds. The monoisotopic (exact) mass is 350 g/mol. The number of nitrogens with zero attached hydrogens (tertiary/aromatic N) is 3. The summed E-state index contributed by atoms with van der Waals surface area (Å²) in [5.74, 6) is 0. The lowest BCUT2D eigenvalue weighted by atomic mass is 10.2. The zero-order chi connectivity index (χ0) is 17.7. The van der Waals surface area contributed by atoms with Gasteiger partial charge in [0.2, 0.25) is 10.0 Å². The molecule has 0 fully saturated rings. The van der Waals surface area contributed by atoms with Crippen molar-refractivity contribution in [2.75, 3.05) is 24.5 Å². The van der Waals surface area contributed by atoms with Crippen LogP contribution >= 0.6 is 0 Å². The van der Waals surface area contributed by atoms with Crippen molar-refractivity contribution in [3.8, 4) is 0 Å². The van der Waals surface area contributed by atoms with Gasteiger partial charge >= 0.3 is 0 Å². The number of nitrogens with one attached hydrogen (secondary N) is 1. The third kappa shape index (κ3) is 4.15. The first kappa shape index (κ1) is 18.5. The molecule has 0 radical (unpaired) electrons. The van der Waals surface area contributed by atoms with Gasteiger partial charge < -0.3 is 4.90 Å². The predicted octanol–water partition coefficient (Wildman–Crippen LogP) is 2.23. The Morgan fingerprint density at radius 2 is 1.88 bits per heavy atom. The highest BCUT2D eigenvalue weighted by Gasteiger charge is 2.23. The van der Waals surface area contributed by atoms with Crippen molar-refractivity contribution in [1.82, 2.24) is 14.5 Å². The van der Waals surface area contributed by atoms with Gasteiger partial charge in [-0.1, -0.05) is 18.2 Å². The van der Waals surface area contributed by atoms with Gasteiger partial charge in [0, 0.05) is 32.4 Å². The van der Waals surface area contributed by atoms with E-state index in [0.29, 0.717) is 22.8 Å². The van der Waals surface area contributed by atoms with Gasteiger partial charge in [0.15, 0.2) is 0 Å². The Morgan fingerprint density at radius 1 is 1.21 bits per heavy atom. The highest BCUT2D eigenvalue weighted by Crippen LogP contribution is 2.18. The first-order valence-corrected chi connectivity index (χ1v) is 9.65. The summed E-state index contributed by atoms with van der Waals surface area (Å²) >= 11 is 0. The summed E-state index contributed by atoms with van der Waals surface area (Å²) in [6.45, 7) is 7.67. The van der Waals surface area contributed by atoms with E-state index in [9.17, 15) is 8.42 Å². The van der Waals surface area contributed by atoms with Gasteiger partial charge in [0.25, 0.3) is 0 Å². The average Bonchev–Trinajstić information content (AvgIpc) is 2.81. The minimum Gasteiger partial charge on any atom is -0.372 e. The van der Waals surface area contributed by atoms with Gasteiger partial charge in [0.1, 0.15) is 4.90 Å².